The van der Waals surface area contributed by atoms with Crippen LogP contribution in [0.15, 0.2) is 30.3 Å². The average Bonchev–Trinajstić information content (AvgIpc) is 2.55. The maximum atomic E-state index is 12.5. The Morgan fingerprint density at radius 1 is 1.29 bits per heavy atom. The van der Waals surface area contributed by atoms with E-state index in [0.29, 0.717) is 32.5 Å². The summed E-state index contributed by atoms with van der Waals surface area (Å²) in [5.74, 6) is -0.137. The molecule has 2 rings (SSSR count). The van der Waals surface area contributed by atoms with E-state index in [1.807, 2.05) is 37.3 Å². The summed E-state index contributed by atoms with van der Waals surface area (Å²) in [5.41, 5.74) is 0.783. The van der Waals surface area contributed by atoms with Crippen molar-refractivity contribution in [3.8, 4) is 0 Å². The number of nitrogens with zero attached hydrogens (tertiary/aromatic N) is 1. The van der Waals surface area contributed by atoms with Gasteiger partial charge in [-0.2, -0.15) is 0 Å². The minimum atomic E-state index is -3.34. The molecular weight excluding hydrogens is 328 g/mol. The molecule has 1 heterocycles. The quantitative estimate of drug-likeness (QED) is 0.803. The van der Waals surface area contributed by atoms with Gasteiger partial charge in [-0.3, -0.25) is 4.79 Å². The zero-order valence-corrected chi connectivity index (χ0v) is 15.1. The number of nitrogens with one attached hydrogen (secondary N) is 1. The largest absolute Gasteiger partial charge is 0.383 e. The Balaban J connectivity index is 1.86. The number of ether oxygens (including phenoxy) is 1. The topological polar surface area (TPSA) is 75.7 Å². The van der Waals surface area contributed by atoms with E-state index in [9.17, 15) is 13.2 Å². The van der Waals surface area contributed by atoms with Gasteiger partial charge in [-0.25, -0.2) is 12.7 Å². The molecule has 0 aliphatic carbocycles. The van der Waals surface area contributed by atoms with Crippen LogP contribution in [0.2, 0.25) is 0 Å². The normalized spacial score (nSPS) is 18.2. The van der Waals surface area contributed by atoms with Gasteiger partial charge in [-0.1, -0.05) is 30.3 Å². The molecule has 0 aromatic heterocycles. The summed E-state index contributed by atoms with van der Waals surface area (Å²) in [6.45, 7) is 3.15. The lowest BCUT2D eigenvalue weighted by Crippen LogP contribution is -2.45. The van der Waals surface area contributed by atoms with E-state index in [1.54, 1.807) is 7.11 Å². The monoisotopic (exact) mass is 354 g/mol. The van der Waals surface area contributed by atoms with E-state index < -0.39 is 10.0 Å². The third-order valence-electron chi connectivity index (χ3n) is 4.22. The first-order chi connectivity index (χ1) is 11.4. The van der Waals surface area contributed by atoms with E-state index in [4.69, 9.17) is 4.74 Å². The number of hydrogen-bond acceptors (Lipinski definition) is 4. The van der Waals surface area contributed by atoms with Crippen LogP contribution in [0, 0.1) is 5.92 Å². The molecule has 6 nitrogen and oxygen atoms in total. The standard InChI is InChI=1S/C17H26N2O4S/c1-14(12-23-2)18-17(20)16-8-10-19(11-9-16)24(21,22)13-15-6-4-3-5-7-15/h3-7,14,16H,8-13H2,1-2H3,(H,18,20). The zero-order chi connectivity index (χ0) is 17.6. The number of methoxy groups -OCH3 is 1. The van der Waals surface area contributed by atoms with Crippen LogP contribution >= 0.6 is 0 Å². The molecule has 1 aromatic carbocycles. The second-order valence-corrected chi connectivity index (χ2v) is 8.25. The lowest BCUT2D eigenvalue weighted by molar-refractivity contribution is -0.127. The van der Waals surface area contributed by atoms with Gasteiger partial charge in [0.25, 0.3) is 0 Å². The highest BCUT2D eigenvalue weighted by Crippen LogP contribution is 2.22. The zero-order valence-electron chi connectivity index (χ0n) is 14.3. The SMILES string of the molecule is COCC(C)NC(=O)C1CCN(S(=O)(=O)Cc2ccccc2)CC1. The van der Waals surface area contributed by atoms with Crippen LogP contribution in [0.25, 0.3) is 0 Å². The number of piperidine rings is 1. The van der Waals surface area contributed by atoms with Crippen molar-refractivity contribution in [2.75, 3.05) is 26.8 Å². The van der Waals surface area contributed by atoms with Crippen molar-refractivity contribution in [2.24, 2.45) is 5.92 Å². The Kier molecular flexibility index (Phi) is 6.77. The van der Waals surface area contributed by atoms with Crippen molar-refractivity contribution in [1.29, 1.82) is 0 Å². The Morgan fingerprint density at radius 2 is 1.92 bits per heavy atom. The molecule has 0 saturated carbocycles. The van der Waals surface area contributed by atoms with Gasteiger partial charge in [0.2, 0.25) is 15.9 Å². The molecule has 7 heteroatoms. The molecule has 134 valence electrons. The molecule has 1 aliphatic rings. The predicted octanol–water partition coefficient (Wildman–Crippen LogP) is 1.38. The molecule has 1 amide bonds. The van der Waals surface area contributed by atoms with Crippen molar-refractivity contribution in [3.63, 3.8) is 0 Å². The minimum absolute atomic E-state index is 0.00950. The first-order valence-corrected chi connectivity index (χ1v) is 9.84. The van der Waals surface area contributed by atoms with Crippen LogP contribution in [0.5, 0.6) is 0 Å². The lowest BCUT2D eigenvalue weighted by atomic mass is 9.97. The van der Waals surface area contributed by atoms with Crippen LogP contribution in [-0.2, 0) is 25.3 Å². The predicted molar refractivity (Wildman–Crippen MR) is 92.8 cm³/mol. The summed E-state index contributed by atoms with van der Waals surface area (Å²) in [6.07, 6.45) is 1.11. The summed E-state index contributed by atoms with van der Waals surface area (Å²) >= 11 is 0. The van der Waals surface area contributed by atoms with E-state index in [-0.39, 0.29) is 23.6 Å². The first-order valence-electron chi connectivity index (χ1n) is 8.23. The average molecular weight is 354 g/mol. The highest BCUT2D eigenvalue weighted by atomic mass is 32.2. The Hall–Kier alpha value is -1.44. The highest BCUT2D eigenvalue weighted by Gasteiger charge is 2.31. The second kappa shape index (κ2) is 8.60. The Labute approximate surface area is 144 Å². The third kappa shape index (κ3) is 5.29. The van der Waals surface area contributed by atoms with Crippen molar-refractivity contribution in [2.45, 2.75) is 31.6 Å². The smallest absolute Gasteiger partial charge is 0.223 e. The lowest BCUT2D eigenvalue weighted by Gasteiger charge is -2.31. The molecular formula is C17H26N2O4S. The Bertz CT molecular complexity index is 625. The van der Waals surface area contributed by atoms with Crippen LogP contribution < -0.4 is 5.32 Å². The number of carbonyl (C=O) groups excluding carboxylic acids is 1. The van der Waals surface area contributed by atoms with E-state index >= 15 is 0 Å². The van der Waals surface area contributed by atoms with Gasteiger partial charge >= 0.3 is 0 Å². The minimum Gasteiger partial charge on any atom is -0.383 e. The van der Waals surface area contributed by atoms with Gasteiger partial charge in [0.05, 0.1) is 12.4 Å². The fraction of sp³-hybridized carbons (Fsp3) is 0.588. The summed E-state index contributed by atoms with van der Waals surface area (Å²) in [5, 5.41) is 2.91. The summed E-state index contributed by atoms with van der Waals surface area (Å²) in [4.78, 5) is 12.2. The number of amides is 1. The maximum absolute atomic E-state index is 12.5. The molecule has 1 fully saturated rings. The summed E-state index contributed by atoms with van der Waals surface area (Å²) in [6, 6.07) is 9.13. The molecule has 1 saturated heterocycles. The fourth-order valence-electron chi connectivity index (χ4n) is 2.92. The number of rotatable bonds is 7. The van der Waals surface area contributed by atoms with Gasteiger partial charge in [0.1, 0.15) is 0 Å². The van der Waals surface area contributed by atoms with Crippen LogP contribution in [-0.4, -0.2) is 51.5 Å². The van der Waals surface area contributed by atoms with Gasteiger partial charge in [-0.15, -0.1) is 0 Å². The van der Waals surface area contributed by atoms with Crippen LogP contribution in [0.3, 0.4) is 0 Å². The van der Waals surface area contributed by atoms with Crippen molar-refractivity contribution in [1.82, 2.24) is 9.62 Å². The molecule has 0 radical (unpaired) electrons. The van der Waals surface area contributed by atoms with E-state index in [1.165, 1.54) is 4.31 Å². The molecule has 0 spiro atoms. The summed E-state index contributed by atoms with van der Waals surface area (Å²) in [7, 11) is -1.74. The molecule has 0 bridgehead atoms. The number of hydrogen-bond donors (Lipinski definition) is 1. The molecule has 1 aliphatic heterocycles. The fourth-order valence-corrected chi connectivity index (χ4v) is 4.49. The molecule has 1 aromatic rings. The maximum Gasteiger partial charge on any atom is 0.223 e. The van der Waals surface area contributed by atoms with Crippen molar-refractivity contribution in [3.05, 3.63) is 35.9 Å². The number of benzene rings is 1. The molecule has 1 atom stereocenters. The molecule has 1 N–H and O–H groups in total. The molecule has 24 heavy (non-hydrogen) atoms. The van der Waals surface area contributed by atoms with Crippen LogP contribution in [0.4, 0.5) is 0 Å². The van der Waals surface area contributed by atoms with Gasteiger partial charge < -0.3 is 10.1 Å². The summed E-state index contributed by atoms with van der Waals surface area (Å²) < 4.78 is 31.5. The van der Waals surface area contributed by atoms with Gasteiger partial charge in [-0.05, 0) is 25.3 Å². The third-order valence-corrected chi connectivity index (χ3v) is 6.07. The Morgan fingerprint density at radius 3 is 2.50 bits per heavy atom. The highest BCUT2D eigenvalue weighted by molar-refractivity contribution is 7.88. The second-order valence-electron chi connectivity index (χ2n) is 6.28. The van der Waals surface area contributed by atoms with Gasteiger partial charge in [0.15, 0.2) is 0 Å². The van der Waals surface area contributed by atoms with Crippen molar-refractivity contribution >= 4 is 15.9 Å². The molecule has 1 unspecified atom stereocenters. The number of carbonyl (C=O) groups is 1. The van der Waals surface area contributed by atoms with E-state index in [2.05, 4.69) is 5.32 Å². The number of sulfonamides is 1. The van der Waals surface area contributed by atoms with E-state index in [0.717, 1.165) is 5.56 Å². The van der Waals surface area contributed by atoms with Crippen molar-refractivity contribution < 1.29 is 17.9 Å². The first kappa shape index (κ1) is 18.9. The van der Waals surface area contributed by atoms with Gasteiger partial charge in [0, 0.05) is 32.2 Å². The van der Waals surface area contributed by atoms with Crippen LogP contribution in [0.1, 0.15) is 25.3 Å².